The van der Waals surface area contributed by atoms with Gasteiger partial charge in [-0.05, 0) is 30.3 Å². The van der Waals surface area contributed by atoms with Gasteiger partial charge in [0.15, 0.2) is 11.5 Å². The highest BCUT2D eigenvalue weighted by atomic mass is 16.6. The summed E-state index contributed by atoms with van der Waals surface area (Å²) in [6, 6.07) is 11.7. The molecular formula is C17H14N8O3. The first-order chi connectivity index (χ1) is 13.5. The van der Waals surface area contributed by atoms with Crippen molar-refractivity contribution >= 4 is 33.5 Å². The number of hydrogen-bond acceptors (Lipinski definition) is 7. The van der Waals surface area contributed by atoms with E-state index in [0.717, 1.165) is 0 Å². The summed E-state index contributed by atoms with van der Waals surface area (Å²) in [5.41, 5.74) is 8.91. The largest absolute Gasteiger partial charge is 0.382 e. The number of nitrogens with two attached hydrogens (primary N) is 2. The molecule has 0 fully saturated rings. The van der Waals surface area contributed by atoms with Crippen LogP contribution >= 0.6 is 0 Å². The molecule has 140 valence electrons. The van der Waals surface area contributed by atoms with Crippen molar-refractivity contribution in [3.05, 3.63) is 68.5 Å². The Bertz CT molecular complexity index is 1320. The highest BCUT2D eigenvalue weighted by molar-refractivity contribution is 6.04. The Hall–Kier alpha value is -4.25. The van der Waals surface area contributed by atoms with E-state index in [1.54, 1.807) is 36.4 Å². The summed E-state index contributed by atoms with van der Waals surface area (Å²) >= 11 is 0. The zero-order valence-electron chi connectivity index (χ0n) is 14.3. The number of aromatic nitrogens is 3. The van der Waals surface area contributed by atoms with Gasteiger partial charge in [0.1, 0.15) is 5.69 Å². The van der Waals surface area contributed by atoms with E-state index >= 15 is 0 Å². The Morgan fingerprint density at radius 2 is 1.96 bits per heavy atom. The van der Waals surface area contributed by atoms with Crippen LogP contribution < -0.4 is 22.7 Å². The van der Waals surface area contributed by atoms with Gasteiger partial charge in [-0.1, -0.05) is 12.1 Å². The van der Waals surface area contributed by atoms with Crippen molar-refractivity contribution in [3.8, 4) is 11.4 Å². The van der Waals surface area contributed by atoms with Crippen LogP contribution in [0, 0.1) is 10.1 Å². The maximum Gasteiger partial charge on any atom is 0.304 e. The number of nitro groups is 1. The van der Waals surface area contributed by atoms with E-state index in [1.807, 2.05) is 0 Å². The van der Waals surface area contributed by atoms with E-state index in [4.69, 9.17) is 11.6 Å². The summed E-state index contributed by atoms with van der Waals surface area (Å²) < 4.78 is 0. The van der Waals surface area contributed by atoms with Crippen molar-refractivity contribution in [2.75, 3.05) is 0 Å². The number of nitrogens with one attached hydrogen (secondary N) is 3. The predicted molar refractivity (Wildman–Crippen MR) is 104 cm³/mol. The van der Waals surface area contributed by atoms with Crippen LogP contribution in [0.5, 0.6) is 0 Å². The molecule has 2 heterocycles. The molecule has 0 amide bonds. The highest BCUT2D eigenvalue weighted by Gasteiger charge is 2.26. The fourth-order valence-corrected chi connectivity index (χ4v) is 3.03. The van der Waals surface area contributed by atoms with Crippen LogP contribution in [0.3, 0.4) is 0 Å². The third kappa shape index (κ3) is 2.71. The average molecular weight is 378 g/mol. The Kier molecular flexibility index (Phi) is 3.98. The molecule has 11 nitrogen and oxygen atoms in total. The van der Waals surface area contributed by atoms with Gasteiger partial charge >= 0.3 is 5.69 Å². The van der Waals surface area contributed by atoms with Gasteiger partial charge in [-0.15, -0.1) is 5.10 Å². The van der Waals surface area contributed by atoms with Crippen molar-refractivity contribution in [2.24, 2.45) is 16.7 Å². The van der Waals surface area contributed by atoms with Crippen molar-refractivity contribution in [1.82, 2.24) is 20.5 Å². The van der Waals surface area contributed by atoms with Crippen LogP contribution in [-0.2, 0) is 0 Å². The normalized spacial score (nSPS) is 11.8. The number of aromatic amines is 2. The maximum absolute atomic E-state index is 12.5. The van der Waals surface area contributed by atoms with Gasteiger partial charge in [0, 0.05) is 5.56 Å². The molecule has 0 bridgehead atoms. The number of hydrazone groups is 1. The zero-order chi connectivity index (χ0) is 19.8. The minimum atomic E-state index is -0.567. The van der Waals surface area contributed by atoms with Crippen LogP contribution in [0.25, 0.3) is 33.3 Å². The molecule has 0 atom stereocenters. The SMILES string of the molecule is NN/N=C(\N)c1ccc2[nH]c(-c3nc4ccccc4[nH]c3=O)c([N+](=O)[O-])c2c1. The smallest absolute Gasteiger partial charge is 0.304 e. The van der Waals surface area contributed by atoms with E-state index in [9.17, 15) is 14.9 Å². The minimum absolute atomic E-state index is 0.0108. The lowest BCUT2D eigenvalue weighted by molar-refractivity contribution is -0.382. The second kappa shape index (κ2) is 6.48. The zero-order valence-corrected chi connectivity index (χ0v) is 14.3. The number of fused-ring (bicyclic) bond motifs is 2. The molecule has 0 aliphatic rings. The Balaban J connectivity index is 2.01. The van der Waals surface area contributed by atoms with E-state index in [1.165, 1.54) is 6.07 Å². The van der Waals surface area contributed by atoms with E-state index in [2.05, 4.69) is 25.6 Å². The van der Waals surface area contributed by atoms with Crippen LogP contribution in [0.2, 0.25) is 0 Å². The van der Waals surface area contributed by atoms with Crippen LogP contribution in [0.1, 0.15) is 5.56 Å². The molecule has 2 aromatic heterocycles. The number of hydrazine groups is 1. The molecule has 11 heteroatoms. The predicted octanol–water partition coefficient (Wildman–Crippen LogP) is 1.06. The summed E-state index contributed by atoms with van der Waals surface area (Å²) in [6.07, 6.45) is 0. The number of H-pyrrole nitrogens is 2. The summed E-state index contributed by atoms with van der Waals surface area (Å²) in [5.74, 6) is 5.18. The molecule has 0 unspecified atom stereocenters. The van der Waals surface area contributed by atoms with Gasteiger partial charge in [0.05, 0.1) is 26.9 Å². The van der Waals surface area contributed by atoms with Crippen LogP contribution in [-0.4, -0.2) is 25.7 Å². The number of nitrogens with zero attached hydrogens (tertiary/aromatic N) is 3. The summed E-state index contributed by atoms with van der Waals surface area (Å²) in [4.78, 5) is 33.7. The van der Waals surface area contributed by atoms with E-state index in [0.29, 0.717) is 22.1 Å². The van der Waals surface area contributed by atoms with Gasteiger partial charge in [-0.25, -0.2) is 16.4 Å². The second-order valence-corrected chi connectivity index (χ2v) is 5.92. The van der Waals surface area contributed by atoms with Crippen molar-refractivity contribution < 1.29 is 4.92 Å². The number of benzene rings is 2. The van der Waals surface area contributed by atoms with Crippen LogP contribution in [0.4, 0.5) is 5.69 Å². The lowest BCUT2D eigenvalue weighted by Crippen LogP contribution is -2.22. The number of hydrogen-bond donors (Lipinski definition) is 5. The molecule has 0 spiro atoms. The number of amidine groups is 1. The van der Waals surface area contributed by atoms with Crippen LogP contribution in [0.15, 0.2) is 52.4 Å². The monoisotopic (exact) mass is 378 g/mol. The Morgan fingerprint density at radius 1 is 1.18 bits per heavy atom. The van der Waals surface area contributed by atoms with Gasteiger partial charge in [-0.2, -0.15) is 0 Å². The molecule has 0 saturated heterocycles. The molecule has 0 saturated carbocycles. The van der Waals surface area contributed by atoms with E-state index in [-0.39, 0.29) is 28.3 Å². The Morgan fingerprint density at radius 3 is 2.71 bits per heavy atom. The lowest BCUT2D eigenvalue weighted by Gasteiger charge is -2.01. The summed E-state index contributed by atoms with van der Waals surface area (Å²) in [6.45, 7) is 0. The fraction of sp³-hybridized carbons (Fsp3) is 0. The first kappa shape index (κ1) is 17.2. The lowest BCUT2D eigenvalue weighted by atomic mass is 10.1. The van der Waals surface area contributed by atoms with Gasteiger partial charge < -0.3 is 15.7 Å². The molecule has 0 aliphatic carbocycles. The third-order valence-electron chi connectivity index (χ3n) is 4.27. The maximum atomic E-state index is 12.5. The average Bonchev–Trinajstić information content (AvgIpc) is 3.06. The molecule has 2 aromatic carbocycles. The quantitative estimate of drug-likeness (QED) is 0.116. The van der Waals surface area contributed by atoms with Crippen molar-refractivity contribution in [2.45, 2.75) is 0 Å². The molecular weight excluding hydrogens is 364 g/mol. The molecule has 28 heavy (non-hydrogen) atoms. The molecule has 0 aliphatic heterocycles. The fourth-order valence-electron chi connectivity index (χ4n) is 3.03. The van der Waals surface area contributed by atoms with E-state index < -0.39 is 10.5 Å². The Labute approximate surface area is 156 Å². The standard InChI is InChI=1S/C17H14N8O3/c18-16(23-24-19)8-5-6-10-9(7-8)15(25(27)28)13(20-10)14-17(26)22-12-4-2-1-3-11(12)21-14/h1-7,20,24H,19H2,(H2,18,23)(H,22,26). The number of rotatable bonds is 4. The first-order valence-electron chi connectivity index (χ1n) is 8.08. The van der Waals surface area contributed by atoms with Gasteiger partial charge in [-0.3, -0.25) is 14.9 Å². The molecule has 4 aromatic rings. The summed E-state index contributed by atoms with van der Waals surface area (Å²) in [5, 5.41) is 15.7. The topological polar surface area (TPSA) is 181 Å². The van der Waals surface area contributed by atoms with Crippen molar-refractivity contribution in [3.63, 3.8) is 0 Å². The van der Waals surface area contributed by atoms with Crippen molar-refractivity contribution in [1.29, 1.82) is 0 Å². The minimum Gasteiger partial charge on any atom is -0.382 e. The molecule has 4 rings (SSSR count). The highest BCUT2D eigenvalue weighted by Crippen LogP contribution is 2.35. The molecule has 0 radical (unpaired) electrons. The summed E-state index contributed by atoms with van der Waals surface area (Å²) in [7, 11) is 0. The third-order valence-corrected chi connectivity index (χ3v) is 4.27. The van der Waals surface area contributed by atoms with Gasteiger partial charge in [0.25, 0.3) is 5.56 Å². The molecule has 7 N–H and O–H groups in total. The van der Waals surface area contributed by atoms with Gasteiger partial charge in [0.2, 0.25) is 0 Å². The first-order valence-corrected chi connectivity index (χ1v) is 8.08. The second-order valence-electron chi connectivity index (χ2n) is 5.92. The number of para-hydroxylation sites is 2.